The summed E-state index contributed by atoms with van der Waals surface area (Å²) in [6.45, 7) is 1.43. The number of pyridine rings is 1. The van der Waals surface area contributed by atoms with Gasteiger partial charge in [-0.2, -0.15) is 4.31 Å². The lowest BCUT2D eigenvalue weighted by Crippen LogP contribution is -2.38. The summed E-state index contributed by atoms with van der Waals surface area (Å²) in [5, 5.41) is 3.63. The molecule has 1 heterocycles. The minimum Gasteiger partial charge on any atom is -0.406 e. The van der Waals surface area contributed by atoms with Crippen LogP contribution in [0.3, 0.4) is 0 Å². The summed E-state index contributed by atoms with van der Waals surface area (Å²) in [7, 11) is -4.00. The van der Waals surface area contributed by atoms with Gasteiger partial charge in [0.1, 0.15) is 5.75 Å². The highest BCUT2D eigenvalue weighted by molar-refractivity contribution is 7.89. The zero-order chi connectivity index (χ0) is 23.4. The van der Waals surface area contributed by atoms with Gasteiger partial charge in [-0.1, -0.05) is 19.1 Å². The molecule has 0 fully saturated rings. The number of hydrogen-bond donors (Lipinski definition) is 1. The third kappa shape index (κ3) is 5.74. The van der Waals surface area contributed by atoms with Gasteiger partial charge in [0.05, 0.1) is 11.4 Å². The Bertz CT molecular complexity index is 1190. The Morgan fingerprint density at radius 3 is 2.50 bits per heavy atom. The Morgan fingerprint density at radius 1 is 1.12 bits per heavy atom. The van der Waals surface area contributed by atoms with Crippen molar-refractivity contribution in [1.82, 2.24) is 9.29 Å². The Labute approximate surface area is 182 Å². The molecule has 0 saturated heterocycles. The molecule has 7 nitrogen and oxygen atoms in total. The van der Waals surface area contributed by atoms with Gasteiger partial charge in [-0.15, -0.1) is 13.2 Å². The summed E-state index contributed by atoms with van der Waals surface area (Å²) < 4.78 is 68.2. The van der Waals surface area contributed by atoms with Crippen LogP contribution in [-0.4, -0.2) is 43.1 Å². The first kappa shape index (κ1) is 23.5. The van der Waals surface area contributed by atoms with Gasteiger partial charge in [-0.25, -0.2) is 8.42 Å². The quantitative estimate of drug-likeness (QED) is 0.537. The topological polar surface area (TPSA) is 88.6 Å². The maximum atomic E-state index is 13.3. The number of rotatable bonds is 8. The largest absolute Gasteiger partial charge is 0.573 e. The van der Waals surface area contributed by atoms with Crippen LogP contribution in [0.4, 0.5) is 18.9 Å². The van der Waals surface area contributed by atoms with Crippen LogP contribution in [0.5, 0.6) is 5.75 Å². The average molecular weight is 467 g/mol. The van der Waals surface area contributed by atoms with Gasteiger partial charge in [0.15, 0.2) is 0 Å². The average Bonchev–Trinajstić information content (AvgIpc) is 2.73. The molecule has 0 atom stereocenters. The van der Waals surface area contributed by atoms with Crippen molar-refractivity contribution in [3.8, 4) is 5.75 Å². The maximum absolute atomic E-state index is 13.3. The molecule has 32 heavy (non-hydrogen) atoms. The molecule has 3 rings (SSSR count). The van der Waals surface area contributed by atoms with E-state index in [1.54, 1.807) is 31.3 Å². The zero-order valence-electron chi connectivity index (χ0n) is 17.0. The fourth-order valence-electron chi connectivity index (χ4n) is 3.09. The van der Waals surface area contributed by atoms with Gasteiger partial charge in [0, 0.05) is 35.4 Å². The van der Waals surface area contributed by atoms with Crippen LogP contribution in [-0.2, 0) is 14.8 Å². The van der Waals surface area contributed by atoms with Crippen molar-refractivity contribution in [3.05, 3.63) is 60.9 Å². The molecule has 11 heteroatoms. The lowest BCUT2D eigenvalue weighted by molar-refractivity contribution is -0.274. The van der Waals surface area contributed by atoms with E-state index < -0.39 is 34.6 Å². The van der Waals surface area contributed by atoms with Crippen LogP contribution < -0.4 is 10.1 Å². The number of anilines is 1. The number of fused-ring (bicyclic) bond motifs is 1. The predicted molar refractivity (Wildman–Crippen MR) is 113 cm³/mol. The number of halogens is 3. The Kier molecular flexibility index (Phi) is 6.99. The second-order valence-electron chi connectivity index (χ2n) is 6.81. The molecular weight excluding hydrogens is 447 g/mol. The number of sulfonamides is 1. The Balaban J connectivity index is 1.78. The first-order valence-electron chi connectivity index (χ1n) is 9.58. The van der Waals surface area contributed by atoms with E-state index in [2.05, 4.69) is 15.0 Å². The smallest absolute Gasteiger partial charge is 0.406 e. The summed E-state index contributed by atoms with van der Waals surface area (Å²) in [5.74, 6) is -1.07. The molecule has 0 bridgehead atoms. The van der Waals surface area contributed by atoms with Crippen LogP contribution in [0, 0.1) is 0 Å². The predicted octanol–water partition coefficient (Wildman–Crippen LogP) is 4.17. The van der Waals surface area contributed by atoms with Crippen LogP contribution in [0.25, 0.3) is 10.8 Å². The number of carbonyl (C=O) groups excluding carboxylic acids is 1. The van der Waals surface area contributed by atoms with Crippen molar-refractivity contribution in [2.45, 2.75) is 24.6 Å². The van der Waals surface area contributed by atoms with Gasteiger partial charge in [0.2, 0.25) is 15.9 Å². The normalized spacial score (nSPS) is 12.2. The minimum absolute atomic E-state index is 0.0623. The first-order valence-corrected chi connectivity index (χ1v) is 11.0. The number of alkyl halides is 3. The van der Waals surface area contributed by atoms with E-state index in [9.17, 15) is 26.4 Å². The van der Waals surface area contributed by atoms with Crippen molar-refractivity contribution in [2.75, 3.05) is 18.4 Å². The number of ether oxygens (including phenoxy) is 1. The Hall–Kier alpha value is -3.18. The van der Waals surface area contributed by atoms with Crippen LogP contribution in [0.2, 0.25) is 0 Å². The van der Waals surface area contributed by atoms with Gasteiger partial charge in [-0.3, -0.25) is 9.78 Å². The molecule has 0 unspecified atom stereocenters. The van der Waals surface area contributed by atoms with Gasteiger partial charge in [0.25, 0.3) is 0 Å². The second kappa shape index (κ2) is 9.53. The molecule has 1 aromatic heterocycles. The highest BCUT2D eigenvalue weighted by Gasteiger charge is 2.31. The summed E-state index contributed by atoms with van der Waals surface area (Å²) in [6, 6.07) is 11.0. The maximum Gasteiger partial charge on any atom is 0.573 e. The number of aromatic nitrogens is 1. The lowest BCUT2D eigenvalue weighted by atomic mass is 10.2. The number of nitrogens with one attached hydrogen (secondary N) is 1. The van der Waals surface area contributed by atoms with Crippen molar-refractivity contribution in [2.24, 2.45) is 0 Å². The van der Waals surface area contributed by atoms with Crippen molar-refractivity contribution in [3.63, 3.8) is 0 Å². The van der Waals surface area contributed by atoms with E-state index in [0.29, 0.717) is 17.2 Å². The zero-order valence-corrected chi connectivity index (χ0v) is 17.8. The fraction of sp³-hybridized carbons (Fsp3) is 0.238. The highest BCUT2D eigenvalue weighted by Crippen LogP contribution is 2.26. The van der Waals surface area contributed by atoms with Gasteiger partial charge in [-0.05, 0) is 42.8 Å². The van der Waals surface area contributed by atoms with E-state index in [4.69, 9.17) is 0 Å². The number of carbonyl (C=O) groups is 1. The molecule has 0 spiro atoms. The molecule has 0 aliphatic rings. The summed E-state index contributed by atoms with van der Waals surface area (Å²) in [6.07, 6.45) is -1.30. The van der Waals surface area contributed by atoms with E-state index in [0.717, 1.165) is 16.4 Å². The SMILES string of the molecule is CCCN(CC(=O)Nc1ccc(OC(F)(F)F)cc1)S(=O)(=O)c1cccc2cnccc12. The van der Waals surface area contributed by atoms with Gasteiger partial charge >= 0.3 is 6.36 Å². The number of amides is 1. The van der Waals surface area contributed by atoms with E-state index in [1.807, 2.05) is 0 Å². The van der Waals surface area contributed by atoms with Crippen molar-refractivity contribution < 1.29 is 31.1 Å². The molecular formula is C21H20F3N3O4S. The third-order valence-corrected chi connectivity index (χ3v) is 6.33. The molecule has 1 N–H and O–H groups in total. The van der Waals surface area contributed by atoms with E-state index in [-0.39, 0.29) is 17.1 Å². The number of nitrogens with zero attached hydrogens (tertiary/aromatic N) is 2. The van der Waals surface area contributed by atoms with Gasteiger partial charge < -0.3 is 10.1 Å². The van der Waals surface area contributed by atoms with E-state index >= 15 is 0 Å². The van der Waals surface area contributed by atoms with Crippen LogP contribution in [0.1, 0.15) is 13.3 Å². The molecule has 0 radical (unpaired) electrons. The monoisotopic (exact) mass is 467 g/mol. The molecule has 2 aromatic carbocycles. The highest BCUT2D eigenvalue weighted by atomic mass is 32.2. The van der Waals surface area contributed by atoms with Crippen molar-refractivity contribution in [1.29, 1.82) is 0 Å². The molecule has 0 aliphatic heterocycles. The second-order valence-corrected chi connectivity index (χ2v) is 8.72. The molecule has 3 aromatic rings. The fourth-order valence-corrected chi connectivity index (χ4v) is 4.79. The van der Waals surface area contributed by atoms with Crippen molar-refractivity contribution >= 4 is 32.4 Å². The van der Waals surface area contributed by atoms with Crippen LogP contribution in [0.15, 0.2) is 65.8 Å². The first-order chi connectivity index (χ1) is 15.1. The standard InChI is InChI=1S/C21H20F3N3O4S/c1-2-12-27(32(29,30)19-5-3-4-15-13-25-11-10-18(15)19)14-20(28)26-16-6-8-17(9-7-16)31-21(22,23)24/h3-11,13H,2,12,14H2,1H3,(H,26,28). The van der Waals surface area contributed by atoms with Crippen LogP contribution >= 0.6 is 0 Å². The number of hydrogen-bond acceptors (Lipinski definition) is 5. The molecule has 170 valence electrons. The molecule has 0 saturated carbocycles. The summed E-state index contributed by atoms with van der Waals surface area (Å²) in [5.41, 5.74) is 0.203. The minimum atomic E-state index is -4.82. The summed E-state index contributed by atoms with van der Waals surface area (Å²) in [4.78, 5) is 16.6. The number of benzene rings is 2. The lowest BCUT2D eigenvalue weighted by Gasteiger charge is -2.22. The Morgan fingerprint density at radius 2 is 1.84 bits per heavy atom. The summed E-state index contributed by atoms with van der Waals surface area (Å²) >= 11 is 0. The third-order valence-electron chi connectivity index (χ3n) is 4.42. The molecule has 1 amide bonds. The van der Waals surface area contributed by atoms with E-state index in [1.165, 1.54) is 24.4 Å². The molecule has 0 aliphatic carbocycles.